The lowest BCUT2D eigenvalue weighted by atomic mass is 9.89. The van der Waals surface area contributed by atoms with Crippen molar-refractivity contribution in [2.75, 3.05) is 19.7 Å². The van der Waals surface area contributed by atoms with Crippen molar-refractivity contribution in [1.82, 2.24) is 4.90 Å². The summed E-state index contributed by atoms with van der Waals surface area (Å²) in [6, 6.07) is -0.122. The molecule has 0 spiro atoms. The second kappa shape index (κ2) is 7.27. The molecule has 2 N–H and O–H groups in total. The van der Waals surface area contributed by atoms with E-state index in [4.69, 9.17) is 0 Å². The monoisotopic (exact) mass is 255 g/mol. The van der Waals surface area contributed by atoms with E-state index in [0.29, 0.717) is 6.42 Å². The zero-order valence-corrected chi connectivity index (χ0v) is 12.2. The summed E-state index contributed by atoms with van der Waals surface area (Å²) >= 11 is 0. The Kier molecular flexibility index (Phi) is 6.33. The van der Waals surface area contributed by atoms with Gasteiger partial charge in [0.15, 0.2) is 0 Å². The van der Waals surface area contributed by atoms with Crippen LogP contribution in [0.15, 0.2) is 11.6 Å². The first-order valence-corrected chi connectivity index (χ1v) is 7.18. The summed E-state index contributed by atoms with van der Waals surface area (Å²) in [5.41, 5.74) is 0.474. The number of hydrogen-bond donors (Lipinski definition) is 2. The van der Waals surface area contributed by atoms with Crippen molar-refractivity contribution in [2.45, 2.75) is 64.5 Å². The summed E-state index contributed by atoms with van der Waals surface area (Å²) in [4.78, 5) is 2.26. The third kappa shape index (κ3) is 4.71. The summed E-state index contributed by atoms with van der Waals surface area (Å²) in [5, 5.41) is 20.2. The van der Waals surface area contributed by atoms with Crippen LogP contribution in [0.4, 0.5) is 0 Å². The van der Waals surface area contributed by atoms with E-state index in [9.17, 15) is 10.2 Å². The Morgan fingerprint density at radius 3 is 2.39 bits per heavy atom. The lowest BCUT2D eigenvalue weighted by Gasteiger charge is -2.41. The van der Waals surface area contributed by atoms with E-state index in [2.05, 4.69) is 24.8 Å². The van der Waals surface area contributed by atoms with E-state index in [-0.39, 0.29) is 12.6 Å². The molecule has 3 heteroatoms. The van der Waals surface area contributed by atoms with Gasteiger partial charge >= 0.3 is 0 Å². The summed E-state index contributed by atoms with van der Waals surface area (Å²) < 4.78 is 0. The number of allylic oxidation sites excluding steroid dienone is 2. The van der Waals surface area contributed by atoms with E-state index in [1.807, 2.05) is 6.92 Å². The van der Waals surface area contributed by atoms with Gasteiger partial charge in [-0.05, 0) is 59.5 Å². The molecular formula is C15H29NO2. The lowest BCUT2D eigenvalue weighted by molar-refractivity contribution is -0.0647. The van der Waals surface area contributed by atoms with Gasteiger partial charge in [-0.1, -0.05) is 18.1 Å². The number of aliphatic hydroxyl groups is 2. The van der Waals surface area contributed by atoms with Gasteiger partial charge in [-0.3, -0.25) is 4.90 Å². The minimum absolute atomic E-state index is 0.0435. The van der Waals surface area contributed by atoms with Crippen molar-refractivity contribution >= 4 is 0 Å². The van der Waals surface area contributed by atoms with Gasteiger partial charge in [0.05, 0.1) is 18.2 Å². The van der Waals surface area contributed by atoms with Crippen molar-refractivity contribution in [3.63, 3.8) is 0 Å². The van der Waals surface area contributed by atoms with Crippen LogP contribution < -0.4 is 0 Å². The van der Waals surface area contributed by atoms with Crippen LogP contribution in [-0.4, -0.2) is 46.5 Å². The third-order valence-electron chi connectivity index (χ3n) is 3.93. The van der Waals surface area contributed by atoms with Gasteiger partial charge in [0.25, 0.3) is 0 Å². The van der Waals surface area contributed by atoms with Gasteiger partial charge in [-0.25, -0.2) is 0 Å². The van der Waals surface area contributed by atoms with Crippen LogP contribution in [0.2, 0.25) is 0 Å². The smallest absolute Gasteiger partial charge is 0.0799 e. The number of rotatable bonds is 6. The fourth-order valence-electron chi connectivity index (χ4n) is 2.76. The molecule has 0 amide bonds. The molecule has 0 radical (unpaired) electrons. The molecule has 3 nitrogen and oxygen atoms in total. The molecule has 18 heavy (non-hydrogen) atoms. The van der Waals surface area contributed by atoms with E-state index in [1.54, 1.807) is 0 Å². The number of hydrogen-bond acceptors (Lipinski definition) is 3. The first-order valence-electron chi connectivity index (χ1n) is 7.18. The predicted octanol–water partition coefficient (Wildman–Crippen LogP) is 2.33. The Hall–Kier alpha value is -0.380. The van der Waals surface area contributed by atoms with E-state index < -0.39 is 5.60 Å². The van der Waals surface area contributed by atoms with Gasteiger partial charge < -0.3 is 10.2 Å². The molecular weight excluding hydrogens is 226 g/mol. The maximum Gasteiger partial charge on any atom is 0.0799 e. The summed E-state index contributed by atoms with van der Waals surface area (Å²) in [6.07, 6.45) is 7.37. The van der Waals surface area contributed by atoms with Crippen LogP contribution in [-0.2, 0) is 0 Å². The topological polar surface area (TPSA) is 43.7 Å². The predicted molar refractivity (Wildman–Crippen MR) is 75.6 cm³/mol. The van der Waals surface area contributed by atoms with Crippen molar-refractivity contribution in [3.8, 4) is 0 Å². The van der Waals surface area contributed by atoms with Crippen molar-refractivity contribution < 1.29 is 10.2 Å². The van der Waals surface area contributed by atoms with Crippen molar-refractivity contribution in [2.24, 2.45) is 0 Å². The highest BCUT2D eigenvalue weighted by molar-refractivity contribution is 4.97. The minimum Gasteiger partial charge on any atom is -0.395 e. The first-order chi connectivity index (χ1) is 8.47. The molecule has 1 aliphatic rings. The second-order valence-electron chi connectivity index (χ2n) is 5.97. The number of likely N-dealkylation sites (tertiary alicyclic amines) is 1. The van der Waals surface area contributed by atoms with E-state index in [1.165, 1.54) is 24.8 Å². The fraction of sp³-hybridized carbons (Fsp3) is 0.867. The molecule has 0 aromatic heterocycles. The molecule has 0 aliphatic carbocycles. The standard InChI is InChI=1S/C15H29NO2/c1-13(2)8-7-9-15(3,18)14(12-17)16-10-5-4-6-11-16/h8,14,17-18H,4-7,9-12H2,1-3H3. The highest BCUT2D eigenvalue weighted by atomic mass is 16.3. The molecule has 1 saturated heterocycles. The molecule has 106 valence electrons. The van der Waals surface area contributed by atoms with E-state index >= 15 is 0 Å². The Morgan fingerprint density at radius 1 is 1.28 bits per heavy atom. The number of aliphatic hydroxyl groups excluding tert-OH is 1. The fourth-order valence-corrected chi connectivity index (χ4v) is 2.76. The third-order valence-corrected chi connectivity index (χ3v) is 3.93. The molecule has 2 unspecified atom stereocenters. The van der Waals surface area contributed by atoms with Gasteiger partial charge in [0, 0.05) is 0 Å². The molecule has 0 aromatic carbocycles. The molecule has 1 heterocycles. The quantitative estimate of drug-likeness (QED) is 0.716. The van der Waals surface area contributed by atoms with Gasteiger partial charge in [-0.2, -0.15) is 0 Å². The molecule has 1 fully saturated rings. The molecule has 0 bridgehead atoms. The Morgan fingerprint density at radius 2 is 1.89 bits per heavy atom. The molecule has 1 aliphatic heterocycles. The van der Waals surface area contributed by atoms with Crippen LogP contribution in [0.25, 0.3) is 0 Å². The lowest BCUT2D eigenvalue weighted by Crippen LogP contribution is -2.54. The van der Waals surface area contributed by atoms with Crippen LogP contribution in [0.3, 0.4) is 0 Å². The zero-order valence-electron chi connectivity index (χ0n) is 12.2. The maximum absolute atomic E-state index is 10.6. The average molecular weight is 255 g/mol. The largest absolute Gasteiger partial charge is 0.395 e. The first kappa shape index (κ1) is 15.7. The van der Waals surface area contributed by atoms with Crippen molar-refractivity contribution in [1.29, 1.82) is 0 Å². The number of piperidine rings is 1. The highest BCUT2D eigenvalue weighted by Crippen LogP contribution is 2.25. The molecule has 1 rings (SSSR count). The molecule has 2 atom stereocenters. The number of nitrogens with zero attached hydrogens (tertiary/aromatic N) is 1. The van der Waals surface area contributed by atoms with Crippen LogP contribution in [0.1, 0.15) is 52.9 Å². The summed E-state index contributed by atoms with van der Waals surface area (Å²) in [7, 11) is 0. The normalized spacial score (nSPS) is 22.3. The van der Waals surface area contributed by atoms with Gasteiger partial charge in [0.2, 0.25) is 0 Å². The van der Waals surface area contributed by atoms with Gasteiger partial charge in [-0.15, -0.1) is 0 Å². The molecule has 0 saturated carbocycles. The minimum atomic E-state index is -0.807. The second-order valence-corrected chi connectivity index (χ2v) is 5.97. The SMILES string of the molecule is CC(C)=CCCC(C)(O)C(CO)N1CCCCC1. The highest BCUT2D eigenvalue weighted by Gasteiger charge is 2.35. The Bertz CT molecular complexity index is 264. The molecule has 0 aromatic rings. The maximum atomic E-state index is 10.6. The van der Waals surface area contributed by atoms with Crippen molar-refractivity contribution in [3.05, 3.63) is 11.6 Å². The van der Waals surface area contributed by atoms with Crippen LogP contribution in [0, 0.1) is 0 Å². The zero-order chi connectivity index (χ0) is 13.6. The van der Waals surface area contributed by atoms with Gasteiger partial charge in [0.1, 0.15) is 0 Å². The Labute approximate surface area is 112 Å². The summed E-state index contributed by atoms with van der Waals surface area (Å²) in [5.74, 6) is 0. The average Bonchev–Trinajstić information content (AvgIpc) is 2.30. The van der Waals surface area contributed by atoms with Crippen LogP contribution >= 0.6 is 0 Å². The van der Waals surface area contributed by atoms with Crippen LogP contribution in [0.5, 0.6) is 0 Å². The summed E-state index contributed by atoms with van der Waals surface area (Å²) in [6.45, 7) is 8.06. The Balaban J connectivity index is 2.57. The van der Waals surface area contributed by atoms with E-state index in [0.717, 1.165) is 19.5 Å².